The Kier molecular flexibility index (Phi) is 8.96. The van der Waals surface area contributed by atoms with Crippen LogP contribution in [0.15, 0.2) is 42.1 Å². The fourth-order valence-electron chi connectivity index (χ4n) is 4.15. The Balaban J connectivity index is 0.000000215. The van der Waals surface area contributed by atoms with Crippen molar-refractivity contribution in [1.82, 2.24) is 4.90 Å². The lowest BCUT2D eigenvalue weighted by molar-refractivity contribution is -0.125. The number of benzene rings is 2. The maximum Gasteiger partial charge on any atom is 0.182 e. The minimum Gasteiger partial charge on any atom is -0.493 e. The SMILES string of the molecule is CCOc1cc(/C=C2/C(=O)C3CCN2CC3)ccc1OC.CCOc1cc(C=O)ccc1OC. The topological polar surface area (TPSA) is 74.3 Å². The third-order valence-electron chi connectivity index (χ3n) is 5.87. The fraction of sp³-hybridized carbons (Fsp3) is 0.407. The Morgan fingerprint density at radius 3 is 1.85 bits per heavy atom. The number of methoxy groups -OCH3 is 2. The second-order valence-electron chi connectivity index (χ2n) is 7.96. The Morgan fingerprint density at radius 1 is 0.853 bits per heavy atom. The van der Waals surface area contributed by atoms with E-state index in [1.54, 1.807) is 32.4 Å². The lowest BCUT2D eigenvalue weighted by atomic mass is 9.84. The standard InChI is InChI=1S/C17H21NO3.C10H12O3/c1-3-21-16-11-12(4-5-15(16)20-2)10-14-17(19)13-6-8-18(14)9-7-13;1-3-13-10-6-8(7-11)4-5-9(10)12-2/h4-5,10-11,13H,3,6-9H2,1-2H3;4-7H,3H2,1-2H3/b14-10-;. The highest BCUT2D eigenvalue weighted by Crippen LogP contribution is 2.34. The van der Waals surface area contributed by atoms with Gasteiger partial charge in [-0.3, -0.25) is 9.59 Å². The van der Waals surface area contributed by atoms with Crippen molar-refractivity contribution >= 4 is 18.1 Å². The summed E-state index contributed by atoms with van der Waals surface area (Å²) in [4.78, 5) is 25.0. The predicted octanol–water partition coefficient (Wildman–Crippen LogP) is 4.64. The number of hydrogen-bond donors (Lipinski definition) is 0. The summed E-state index contributed by atoms with van der Waals surface area (Å²) >= 11 is 0. The molecule has 7 heteroatoms. The van der Waals surface area contributed by atoms with Gasteiger partial charge in [-0.2, -0.15) is 0 Å². The van der Waals surface area contributed by atoms with Crippen molar-refractivity contribution in [1.29, 1.82) is 0 Å². The number of rotatable bonds is 8. The molecule has 2 aromatic rings. The zero-order valence-corrected chi connectivity index (χ0v) is 20.3. The van der Waals surface area contributed by atoms with Crippen molar-refractivity contribution in [2.45, 2.75) is 26.7 Å². The Hall–Kier alpha value is -3.48. The van der Waals surface area contributed by atoms with Crippen LogP contribution in [0.3, 0.4) is 0 Å². The molecule has 0 N–H and O–H groups in total. The molecule has 3 heterocycles. The molecule has 3 aliphatic heterocycles. The van der Waals surface area contributed by atoms with Gasteiger partial charge in [0.25, 0.3) is 0 Å². The minimum atomic E-state index is 0.228. The van der Waals surface area contributed by atoms with Gasteiger partial charge in [0.15, 0.2) is 28.8 Å². The number of nitrogens with zero attached hydrogens (tertiary/aromatic N) is 1. The molecule has 0 aromatic heterocycles. The van der Waals surface area contributed by atoms with Crippen molar-refractivity contribution in [3.8, 4) is 23.0 Å². The van der Waals surface area contributed by atoms with E-state index in [0.717, 1.165) is 55.0 Å². The van der Waals surface area contributed by atoms with Crippen molar-refractivity contribution in [2.24, 2.45) is 5.92 Å². The number of allylic oxidation sites excluding steroid dienone is 1. The van der Waals surface area contributed by atoms with Crippen LogP contribution < -0.4 is 18.9 Å². The fourth-order valence-corrected chi connectivity index (χ4v) is 4.15. The smallest absolute Gasteiger partial charge is 0.182 e. The monoisotopic (exact) mass is 467 g/mol. The second-order valence-corrected chi connectivity index (χ2v) is 7.96. The number of piperidine rings is 3. The predicted molar refractivity (Wildman–Crippen MR) is 131 cm³/mol. The van der Waals surface area contributed by atoms with E-state index in [4.69, 9.17) is 18.9 Å². The summed E-state index contributed by atoms with van der Waals surface area (Å²) in [7, 11) is 3.20. The molecule has 0 radical (unpaired) electrons. The lowest BCUT2D eigenvalue weighted by Crippen LogP contribution is -2.45. The number of Topliss-reactive ketones (excluding diaryl/α,β-unsaturated/α-hetero) is 1. The number of hydrogen-bond acceptors (Lipinski definition) is 7. The van der Waals surface area contributed by atoms with Gasteiger partial charge < -0.3 is 23.8 Å². The molecule has 2 bridgehead atoms. The number of ether oxygens (including phenoxy) is 4. The quantitative estimate of drug-likeness (QED) is 0.414. The van der Waals surface area contributed by atoms with E-state index in [1.807, 2.05) is 38.1 Å². The molecule has 0 spiro atoms. The van der Waals surface area contributed by atoms with Crippen LogP contribution in [0.4, 0.5) is 0 Å². The largest absolute Gasteiger partial charge is 0.493 e. The summed E-state index contributed by atoms with van der Waals surface area (Å²) in [6.45, 7) is 6.96. The molecule has 7 nitrogen and oxygen atoms in total. The number of aldehydes is 1. The molecule has 5 rings (SSSR count). The molecular weight excluding hydrogens is 434 g/mol. The highest BCUT2D eigenvalue weighted by molar-refractivity contribution is 6.02. The summed E-state index contributed by atoms with van der Waals surface area (Å²) in [5.74, 6) is 3.21. The molecule has 0 amide bonds. The van der Waals surface area contributed by atoms with Gasteiger partial charge in [0, 0.05) is 24.6 Å². The van der Waals surface area contributed by atoms with Crippen LogP contribution >= 0.6 is 0 Å². The van der Waals surface area contributed by atoms with Crippen molar-refractivity contribution < 1.29 is 28.5 Å². The average molecular weight is 468 g/mol. The first-order valence-electron chi connectivity index (χ1n) is 11.6. The first-order chi connectivity index (χ1) is 16.5. The van der Waals surface area contributed by atoms with E-state index in [9.17, 15) is 9.59 Å². The molecule has 0 atom stereocenters. The average Bonchev–Trinajstić information content (AvgIpc) is 2.87. The van der Waals surface area contributed by atoms with E-state index in [-0.39, 0.29) is 5.92 Å². The molecule has 0 unspecified atom stereocenters. The van der Waals surface area contributed by atoms with Crippen LogP contribution in [-0.2, 0) is 4.79 Å². The lowest BCUT2D eigenvalue weighted by Gasteiger charge is -2.41. The minimum absolute atomic E-state index is 0.228. The van der Waals surface area contributed by atoms with Crippen molar-refractivity contribution in [3.63, 3.8) is 0 Å². The molecule has 3 saturated heterocycles. The number of ketones is 1. The van der Waals surface area contributed by atoms with Gasteiger partial charge in [-0.05, 0) is 68.7 Å². The third kappa shape index (κ3) is 5.90. The maximum atomic E-state index is 12.4. The highest BCUT2D eigenvalue weighted by atomic mass is 16.5. The zero-order chi connectivity index (χ0) is 24.5. The van der Waals surface area contributed by atoms with Crippen LogP contribution in [0.25, 0.3) is 6.08 Å². The summed E-state index contributed by atoms with van der Waals surface area (Å²) in [6, 6.07) is 10.9. The molecule has 0 aliphatic carbocycles. The van der Waals surface area contributed by atoms with E-state index in [1.165, 1.54) is 0 Å². The maximum absolute atomic E-state index is 12.4. The first-order valence-corrected chi connectivity index (χ1v) is 11.6. The first kappa shape index (κ1) is 25.1. The van der Waals surface area contributed by atoms with Gasteiger partial charge in [0.1, 0.15) is 6.29 Å². The Morgan fingerprint density at radius 2 is 1.38 bits per heavy atom. The van der Waals surface area contributed by atoms with E-state index in [0.29, 0.717) is 36.1 Å². The summed E-state index contributed by atoms with van der Waals surface area (Å²) in [5.41, 5.74) is 2.42. The number of carbonyl (C=O) groups is 2. The van der Waals surface area contributed by atoms with E-state index < -0.39 is 0 Å². The summed E-state index contributed by atoms with van der Waals surface area (Å²) in [5, 5.41) is 0. The van der Waals surface area contributed by atoms with E-state index >= 15 is 0 Å². The number of fused-ring (bicyclic) bond motifs is 3. The van der Waals surface area contributed by atoms with Crippen LogP contribution in [-0.4, -0.2) is 57.5 Å². The van der Waals surface area contributed by atoms with Crippen LogP contribution in [0, 0.1) is 5.92 Å². The number of carbonyl (C=O) groups excluding carboxylic acids is 2. The van der Waals surface area contributed by atoms with Gasteiger partial charge in [0.05, 0.1) is 33.1 Å². The van der Waals surface area contributed by atoms with Gasteiger partial charge in [0.2, 0.25) is 0 Å². The third-order valence-corrected chi connectivity index (χ3v) is 5.87. The molecule has 3 aliphatic rings. The Bertz CT molecular complexity index is 1020. The second kappa shape index (κ2) is 12.1. The Labute approximate surface area is 201 Å². The van der Waals surface area contributed by atoms with Crippen LogP contribution in [0.1, 0.15) is 42.6 Å². The van der Waals surface area contributed by atoms with Gasteiger partial charge in [-0.25, -0.2) is 0 Å². The zero-order valence-electron chi connectivity index (χ0n) is 20.3. The summed E-state index contributed by atoms with van der Waals surface area (Å²) < 4.78 is 21.2. The van der Waals surface area contributed by atoms with Crippen LogP contribution in [0.2, 0.25) is 0 Å². The molecule has 0 saturated carbocycles. The van der Waals surface area contributed by atoms with Crippen molar-refractivity contribution in [3.05, 3.63) is 53.2 Å². The molecule has 182 valence electrons. The van der Waals surface area contributed by atoms with Crippen LogP contribution in [0.5, 0.6) is 23.0 Å². The highest BCUT2D eigenvalue weighted by Gasteiger charge is 2.36. The van der Waals surface area contributed by atoms with E-state index in [2.05, 4.69) is 4.90 Å². The summed E-state index contributed by atoms with van der Waals surface area (Å²) in [6.07, 6.45) is 4.77. The van der Waals surface area contributed by atoms with Gasteiger partial charge in [-0.1, -0.05) is 6.07 Å². The molecule has 3 fully saturated rings. The molecule has 34 heavy (non-hydrogen) atoms. The van der Waals surface area contributed by atoms with Crippen molar-refractivity contribution in [2.75, 3.05) is 40.5 Å². The normalized spacial score (nSPS) is 16.1. The molecule has 2 aromatic carbocycles. The van der Waals surface area contributed by atoms with Gasteiger partial charge >= 0.3 is 0 Å². The molecular formula is C27H33NO6. The van der Waals surface area contributed by atoms with Gasteiger partial charge in [-0.15, -0.1) is 0 Å².